The van der Waals surface area contributed by atoms with E-state index in [1.807, 2.05) is 13.1 Å². The lowest BCUT2D eigenvalue weighted by atomic mass is 10.1. The number of rotatable bonds is 4. The monoisotopic (exact) mass is 389 g/mol. The Morgan fingerprint density at radius 1 is 1.11 bits per heavy atom. The second kappa shape index (κ2) is 7.10. The van der Waals surface area contributed by atoms with Crippen molar-refractivity contribution in [3.8, 4) is 16.9 Å². The average Bonchev–Trinajstić information content (AvgIpc) is 3.08. The van der Waals surface area contributed by atoms with Crippen LogP contribution in [-0.4, -0.2) is 64.7 Å². The lowest BCUT2D eigenvalue weighted by molar-refractivity contribution is 0.0729. The molecule has 0 atom stereocenters. The Hall–Kier alpha value is -2.16. The van der Waals surface area contributed by atoms with Gasteiger partial charge in [0, 0.05) is 38.4 Å². The van der Waals surface area contributed by atoms with E-state index in [4.69, 9.17) is 9.47 Å². The SMILES string of the molecule is COc1ccc(-c2cnc3c(c2)CCN3C)cc1S(=O)(=O)N1CCOCC1. The zero-order valence-electron chi connectivity index (χ0n) is 15.5. The van der Waals surface area contributed by atoms with E-state index in [2.05, 4.69) is 16.0 Å². The maximum Gasteiger partial charge on any atom is 0.246 e. The summed E-state index contributed by atoms with van der Waals surface area (Å²) < 4.78 is 38.4. The molecule has 1 aromatic carbocycles. The highest BCUT2D eigenvalue weighted by Gasteiger charge is 2.29. The van der Waals surface area contributed by atoms with Gasteiger partial charge >= 0.3 is 0 Å². The van der Waals surface area contributed by atoms with Crippen molar-refractivity contribution < 1.29 is 17.9 Å². The maximum atomic E-state index is 13.1. The number of sulfonamides is 1. The Morgan fingerprint density at radius 3 is 2.63 bits per heavy atom. The highest BCUT2D eigenvalue weighted by molar-refractivity contribution is 7.89. The smallest absolute Gasteiger partial charge is 0.246 e. The molecule has 2 aromatic rings. The molecule has 1 fully saturated rings. The highest BCUT2D eigenvalue weighted by Crippen LogP contribution is 2.34. The van der Waals surface area contributed by atoms with E-state index in [9.17, 15) is 8.42 Å². The van der Waals surface area contributed by atoms with Crippen molar-refractivity contribution in [2.45, 2.75) is 11.3 Å². The fraction of sp³-hybridized carbons (Fsp3) is 0.421. The zero-order chi connectivity index (χ0) is 19.0. The van der Waals surface area contributed by atoms with Gasteiger partial charge in [-0.2, -0.15) is 4.31 Å². The summed E-state index contributed by atoms with van der Waals surface area (Å²) in [6, 6.07) is 7.37. The van der Waals surface area contributed by atoms with E-state index >= 15 is 0 Å². The number of pyridine rings is 1. The summed E-state index contributed by atoms with van der Waals surface area (Å²) in [5, 5.41) is 0. The number of hydrogen-bond donors (Lipinski definition) is 0. The first kappa shape index (κ1) is 18.2. The molecule has 0 N–H and O–H groups in total. The molecular formula is C19H23N3O4S. The maximum absolute atomic E-state index is 13.1. The molecule has 3 heterocycles. The van der Waals surface area contributed by atoms with Gasteiger partial charge in [0.2, 0.25) is 10.0 Å². The van der Waals surface area contributed by atoms with Gasteiger partial charge in [-0.05, 0) is 35.7 Å². The molecule has 8 heteroatoms. The number of benzene rings is 1. The number of fused-ring (bicyclic) bond motifs is 1. The molecule has 0 unspecified atom stereocenters. The van der Waals surface area contributed by atoms with E-state index < -0.39 is 10.0 Å². The summed E-state index contributed by atoms with van der Waals surface area (Å²) >= 11 is 0. The number of anilines is 1. The van der Waals surface area contributed by atoms with Gasteiger partial charge in [-0.3, -0.25) is 0 Å². The third kappa shape index (κ3) is 3.28. The van der Waals surface area contributed by atoms with Gasteiger partial charge in [-0.1, -0.05) is 6.07 Å². The van der Waals surface area contributed by atoms with E-state index in [0.717, 1.165) is 29.9 Å². The summed E-state index contributed by atoms with van der Waals surface area (Å²) in [4.78, 5) is 6.87. The van der Waals surface area contributed by atoms with Crippen LogP contribution < -0.4 is 9.64 Å². The highest BCUT2D eigenvalue weighted by atomic mass is 32.2. The lowest BCUT2D eigenvalue weighted by Gasteiger charge is -2.26. The molecule has 2 aliphatic rings. The van der Waals surface area contributed by atoms with Gasteiger partial charge in [-0.15, -0.1) is 0 Å². The minimum absolute atomic E-state index is 0.182. The Kier molecular flexibility index (Phi) is 4.79. The Labute approximate surface area is 159 Å². The summed E-state index contributed by atoms with van der Waals surface area (Å²) in [5.41, 5.74) is 2.90. The molecule has 0 amide bonds. The summed E-state index contributed by atoms with van der Waals surface area (Å²) in [5.74, 6) is 1.34. The van der Waals surface area contributed by atoms with Crippen LogP contribution in [-0.2, 0) is 21.2 Å². The van der Waals surface area contributed by atoms with Crippen LogP contribution in [0.25, 0.3) is 11.1 Å². The third-order valence-corrected chi connectivity index (χ3v) is 7.03. The molecule has 144 valence electrons. The second-order valence-electron chi connectivity index (χ2n) is 6.76. The van der Waals surface area contributed by atoms with Crippen LogP contribution >= 0.6 is 0 Å². The van der Waals surface area contributed by atoms with Crippen LogP contribution in [0.3, 0.4) is 0 Å². The molecule has 1 saturated heterocycles. The Morgan fingerprint density at radius 2 is 1.89 bits per heavy atom. The molecule has 1 aromatic heterocycles. The molecular weight excluding hydrogens is 366 g/mol. The number of morpholine rings is 1. The van der Waals surface area contributed by atoms with Crippen molar-refractivity contribution in [3.05, 3.63) is 36.0 Å². The number of aromatic nitrogens is 1. The number of hydrogen-bond acceptors (Lipinski definition) is 6. The van der Waals surface area contributed by atoms with Crippen LogP contribution in [0.2, 0.25) is 0 Å². The largest absolute Gasteiger partial charge is 0.495 e. The van der Waals surface area contributed by atoms with Gasteiger partial charge in [0.1, 0.15) is 16.5 Å². The van der Waals surface area contributed by atoms with Crippen molar-refractivity contribution in [2.24, 2.45) is 0 Å². The molecule has 0 saturated carbocycles. The first-order valence-electron chi connectivity index (χ1n) is 8.97. The Balaban J connectivity index is 1.75. The third-order valence-electron chi connectivity index (χ3n) is 5.11. The van der Waals surface area contributed by atoms with Gasteiger partial charge in [0.15, 0.2) is 0 Å². The Bertz CT molecular complexity index is 955. The molecule has 0 spiro atoms. The van der Waals surface area contributed by atoms with Crippen molar-refractivity contribution >= 4 is 15.8 Å². The van der Waals surface area contributed by atoms with Gasteiger partial charge in [-0.25, -0.2) is 13.4 Å². The first-order chi connectivity index (χ1) is 13.0. The molecule has 27 heavy (non-hydrogen) atoms. The number of methoxy groups -OCH3 is 1. The minimum atomic E-state index is -3.66. The van der Waals surface area contributed by atoms with Crippen molar-refractivity contribution in [1.82, 2.24) is 9.29 Å². The van der Waals surface area contributed by atoms with Crippen LogP contribution in [0, 0.1) is 0 Å². The summed E-state index contributed by atoms with van der Waals surface area (Å²) in [6.07, 6.45) is 2.75. The van der Waals surface area contributed by atoms with Crippen LogP contribution in [0.15, 0.2) is 35.4 Å². The molecule has 2 aliphatic heterocycles. The summed E-state index contributed by atoms with van der Waals surface area (Å²) in [6.45, 7) is 2.46. The molecule has 4 rings (SSSR count). The fourth-order valence-corrected chi connectivity index (χ4v) is 5.16. The fourth-order valence-electron chi connectivity index (χ4n) is 3.57. The summed E-state index contributed by atoms with van der Waals surface area (Å²) in [7, 11) is -0.143. The predicted molar refractivity (Wildman–Crippen MR) is 103 cm³/mol. The van der Waals surface area contributed by atoms with Gasteiger partial charge < -0.3 is 14.4 Å². The van der Waals surface area contributed by atoms with Crippen LogP contribution in [0.4, 0.5) is 5.82 Å². The molecule has 0 aliphatic carbocycles. The number of likely N-dealkylation sites (N-methyl/N-ethyl adjacent to an activating group) is 1. The molecule has 7 nitrogen and oxygen atoms in total. The van der Waals surface area contributed by atoms with Gasteiger partial charge in [0.05, 0.1) is 20.3 Å². The van der Waals surface area contributed by atoms with Crippen LogP contribution in [0.5, 0.6) is 5.75 Å². The molecule has 0 bridgehead atoms. The number of nitrogens with zero attached hydrogens (tertiary/aromatic N) is 3. The van der Waals surface area contributed by atoms with E-state index in [1.54, 1.807) is 18.3 Å². The normalized spacial score (nSPS) is 17.8. The van der Waals surface area contributed by atoms with E-state index in [1.165, 1.54) is 17.0 Å². The number of ether oxygens (including phenoxy) is 2. The van der Waals surface area contributed by atoms with Crippen molar-refractivity contribution in [3.63, 3.8) is 0 Å². The zero-order valence-corrected chi connectivity index (χ0v) is 16.3. The van der Waals surface area contributed by atoms with Crippen molar-refractivity contribution in [1.29, 1.82) is 0 Å². The first-order valence-corrected chi connectivity index (χ1v) is 10.4. The van der Waals surface area contributed by atoms with Crippen LogP contribution in [0.1, 0.15) is 5.56 Å². The standard InChI is InChI=1S/C19H23N3O4S/c1-21-6-5-15-11-16(13-20-19(15)21)14-3-4-17(25-2)18(12-14)27(23,24)22-7-9-26-10-8-22/h3-4,11-13H,5-10H2,1-2H3. The average molecular weight is 389 g/mol. The topological polar surface area (TPSA) is 72.0 Å². The van der Waals surface area contributed by atoms with Gasteiger partial charge in [0.25, 0.3) is 0 Å². The quantitative estimate of drug-likeness (QED) is 0.794. The lowest BCUT2D eigenvalue weighted by Crippen LogP contribution is -2.40. The predicted octanol–water partition coefficient (Wildman–Crippen LogP) is 1.77. The second-order valence-corrected chi connectivity index (χ2v) is 8.67. The molecule has 0 radical (unpaired) electrons. The van der Waals surface area contributed by atoms with Crippen molar-refractivity contribution in [2.75, 3.05) is 51.9 Å². The van der Waals surface area contributed by atoms with E-state index in [0.29, 0.717) is 32.1 Å². The minimum Gasteiger partial charge on any atom is -0.495 e. The van der Waals surface area contributed by atoms with E-state index in [-0.39, 0.29) is 4.90 Å².